The van der Waals surface area contributed by atoms with Crippen LogP contribution in [0.1, 0.15) is 42.5 Å². The minimum Gasteiger partial charge on any atom is -0.507 e. The fraction of sp³-hybridized carbons (Fsp3) is 0.632. The third-order valence-corrected chi connectivity index (χ3v) is 6.21. The predicted octanol–water partition coefficient (Wildman–Crippen LogP) is 2.82. The van der Waals surface area contributed by atoms with E-state index >= 15 is 0 Å². The molecule has 1 spiro atoms. The SMILES string of the molecule is COc1ccc(C(=O)N2CC3(CCC3)C2C2CCOCC2)c(O)c1. The van der Waals surface area contributed by atoms with Crippen LogP contribution in [0.15, 0.2) is 18.2 Å². The minimum atomic E-state index is -0.0517. The second-order valence-electron chi connectivity index (χ2n) is 7.43. The van der Waals surface area contributed by atoms with Gasteiger partial charge in [-0.05, 0) is 43.7 Å². The maximum absolute atomic E-state index is 13.0. The highest BCUT2D eigenvalue weighted by Gasteiger charge is 2.59. The number of amides is 1. The molecule has 130 valence electrons. The van der Waals surface area contributed by atoms with Crippen LogP contribution in [0.5, 0.6) is 11.5 Å². The van der Waals surface area contributed by atoms with Gasteiger partial charge in [0.2, 0.25) is 0 Å². The first kappa shape index (κ1) is 15.8. The van der Waals surface area contributed by atoms with E-state index in [9.17, 15) is 9.90 Å². The van der Waals surface area contributed by atoms with E-state index in [0.29, 0.717) is 28.7 Å². The zero-order valence-electron chi connectivity index (χ0n) is 14.2. The summed E-state index contributed by atoms with van der Waals surface area (Å²) in [7, 11) is 1.55. The number of nitrogens with zero attached hydrogens (tertiary/aromatic N) is 1. The van der Waals surface area contributed by atoms with Crippen molar-refractivity contribution in [3.8, 4) is 11.5 Å². The first-order valence-electron chi connectivity index (χ1n) is 8.90. The summed E-state index contributed by atoms with van der Waals surface area (Å²) in [5, 5.41) is 10.2. The molecule has 0 aromatic heterocycles. The number of phenolic OH excluding ortho intramolecular Hbond substituents is 1. The fourth-order valence-electron chi connectivity index (χ4n) is 4.79. The highest BCUT2D eigenvalue weighted by atomic mass is 16.5. The van der Waals surface area contributed by atoms with Crippen molar-refractivity contribution < 1.29 is 19.4 Å². The van der Waals surface area contributed by atoms with Crippen molar-refractivity contribution in [1.29, 1.82) is 0 Å². The van der Waals surface area contributed by atoms with E-state index in [1.54, 1.807) is 19.2 Å². The van der Waals surface area contributed by atoms with Gasteiger partial charge in [0.05, 0.1) is 12.7 Å². The monoisotopic (exact) mass is 331 g/mol. The lowest BCUT2D eigenvalue weighted by Gasteiger charge is -2.65. The largest absolute Gasteiger partial charge is 0.507 e. The van der Waals surface area contributed by atoms with Gasteiger partial charge in [-0.1, -0.05) is 6.42 Å². The van der Waals surface area contributed by atoms with E-state index in [1.807, 2.05) is 4.90 Å². The van der Waals surface area contributed by atoms with Gasteiger partial charge in [-0.15, -0.1) is 0 Å². The Morgan fingerprint density at radius 2 is 2.08 bits per heavy atom. The number of aromatic hydroxyl groups is 1. The summed E-state index contributed by atoms with van der Waals surface area (Å²) in [4.78, 5) is 15.0. The first-order valence-corrected chi connectivity index (χ1v) is 8.90. The molecule has 24 heavy (non-hydrogen) atoms. The van der Waals surface area contributed by atoms with Gasteiger partial charge in [-0.2, -0.15) is 0 Å². The van der Waals surface area contributed by atoms with Crippen molar-refractivity contribution in [2.75, 3.05) is 26.9 Å². The predicted molar refractivity (Wildman–Crippen MR) is 89.3 cm³/mol. The average molecular weight is 331 g/mol. The van der Waals surface area contributed by atoms with Crippen molar-refractivity contribution in [2.45, 2.75) is 38.1 Å². The van der Waals surface area contributed by atoms with Crippen molar-refractivity contribution in [1.82, 2.24) is 4.90 Å². The number of carbonyl (C=O) groups is 1. The number of ether oxygens (including phenoxy) is 2. The number of likely N-dealkylation sites (tertiary alicyclic amines) is 1. The van der Waals surface area contributed by atoms with Gasteiger partial charge >= 0.3 is 0 Å². The van der Waals surface area contributed by atoms with Crippen LogP contribution >= 0.6 is 0 Å². The smallest absolute Gasteiger partial charge is 0.257 e. The van der Waals surface area contributed by atoms with Crippen molar-refractivity contribution >= 4 is 5.91 Å². The topological polar surface area (TPSA) is 59.0 Å². The van der Waals surface area contributed by atoms with E-state index in [4.69, 9.17) is 9.47 Å². The lowest BCUT2D eigenvalue weighted by Crippen LogP contribution is -2.71. The lowest BCUT2D eigenvalue weighted by atomic mass is 9.54. The summed E-state index contributed by atoms with van der Waals surface area (Å²) in [6.07, 6.45) is 5.80. The quantitative estimate of drug-likeness (QED) is 0.925. The van der Waals surface area contributed by atoms with Crippen LogP contribution in [0, 0.1) is 11.3 Å². The Bertz CT molecular complexity index is 634. The van der Waals surface area contributed by atoms with E-state index in [-0.39, 0.29) is 11.7 Å². The van der Waals surface area contributed by atoms with E-state index in [1.165, 1.54) is 25.3 Å². The highest BCUT2D eigenvalue weighted by molar-refractivity contribution is 5.98. The third-order valence-electron chi connectivity index (χ3n) is 6.21. The molecule has 0 bridgehead atoms. The molecular formula is C19H25NO4. The third kappa shape index (κ3) is 2.37. The van der Waals surface area contributed by atoms with Gasteiger partial charge in [0.25, 0.3) is 5.91 Å². The van der Waals surface area contributed by atoms with Crippen molar-refractivity contribution in [3.63, 3.8) is 0 Å². The Kier molecular flexibility index (Phi) is 3.91. The van der Waals surface area contributed by atoms with E-state index in [0.717, 1.165) is 32.6 Å². The molecule has 2 saturated heterocycles. The second-order valence-corrected chi connectivity index (χ2v) is 7.43. The number of rotatable bonds is 3. The fourth-order valence-corrected chi connectivity index (χ4v) is 4.79. The summed E-state index contributed by atoms with van der Waals surface area (Å²) < 4.78 is 10.6. The number of phenols is 1. The molecule has 1 aliphatic carbocycles. The molecule has 2 heterocycles. The Balaban J connectivity index is 1.57. The number of hydrogen-bond donors (Lipinski definition) is 1. The Morgan fingerprint density at radius 3 is 2.67 bits per heavy atom. The van der Waals surface area contributed by atoms with Crippen LogP contribution in [-0.4, -0.2) is 48.8 Å². The van der Waals surface area contributed by atoms with Crippen LogP contribution < -0.4 is 4.74 Å². The van der Waals surface area contributed by atoms with E-state index in [2.05, 4.69) is 0 Å². The van der Waals surface area contributed by atoms with Crippen LogP contribution in [0.4, 0.5) is 0 Å². The number of carbonyl (C=O) groups excluding carboxylic acids is 1. The van der Waals surface area contributed by atoms with Gasteiger partial charge in [0.15, 0.2) is 0 Å². The van der Waals surface area contributed by atoms with Crippen molar-refractivity contribution in [2.24, 2.45) is 11.3 Å². The molecular weight excluding hydrogens is 306 g/mol. The highest BCUT2D eigenvalue weighted by Crippen LogP contribution is 2.57. The normalized spacial score (nSPS) is 25.9. The number of hydrogen-bond acceptors (Lipinski definition) is 4. The maximum atomic E-state index is 13.0. The Labute approximate surface area is 142 Å². The summed E-state index contributed by atoms with van der Waals surface area (Å²) in [6.45, 7) is 2.43. The molecule has 3 fully saturated rings. The molecule has 1 aromatic rings. The van der Waals surface area contributed by atoms with Gasteiger partial charge in [0.1, 0.15) is 11.5 Å². The zero-order chi connectivity index (χ0) is 16.7. The molecule has 1 N–H and O–H groups in total. The first-order chi connectivity index (χ1) is 11.6. The van der Waals surface area contributed by atoms with Gasteiger partial charge < -0.3 is 19.5 Å². The summed E-state index contributed by atoms with van der Waals surface area (Å²) in [6, 6.07) is 5.22. The Hall–Kier alpha value is -1.75. The van der Waals surface area contributed by atoms with Crippen LogP contribution in [0.2, 0.25) is 0 Å². The molecule has 1 amide bonds. The average Bonchev–Trinajstić information content (AvgIpc) is 2.53. The molecule has 5 nitrogen and oxygen atoms in total. The van der Waals surface area contributed by atoms with Crippen LogP contribution in [0.3, 0.4) is 0 Å². The standard InChI is InChI=1S/C19H25NO4/c1-23-14-3-4-15(16(21)11-14)18(22)20-12-19(7-2-8-19)17(20)13-5-9-24-10-6-13/h3-4,11,13,17,21H,2,5-10,12H2,1H3. The van der Waals surface area contributed by atoms with E-state index < -0.39 is 0 Å². The summed E-state index contributed by atoms with van der Waals surface area (Å²) >= 11 is 0. The molecule has 1 aromatic carbocycles. The number of methoxy groups -OCH3 is 1. The molecule has 1 atom stereocenters. The summed E-state index contributed by atoms with van der Waals surface area (Å²) in [5.74, 6) is 1.03. The van der Waals surface area contributed by atoms with Gasteiger partial charge in [0, 0.05) is 37.3 Å². The molecule has 3 aliphatic rings. The second kappa shape index (κ2) is 5.96. The summed E-state index contributed by atoms with van der Waals surface area (Å²) in [5.41, 5.74) is 0.710. The molecule has 4 rings (SSSR count). The van der Waals surface area contributed by atoms with Crippen molar-refractivity contribution in [3.05, 3.63) is 23.8 Å². The van der Waals surface area contributed by atoms with Crippen LogP contribution in [-0.2, 0) is 4.74 Å². The molecule has 1 unspecified atom stereocenters. The maximum Gasteiger partial charge on any atom is 0.257 e. The Morgan fingerprint density at radius 1 is 1.33 bits per heavy atom. The zero-order valence-corrected chi connectivity index (χ0v) is 14.2. The molecule has 5 heteroatoms. The number of benzene rings is 1. The van der Waals surface area contributed by atoms with Gasteiger partial charge in [-0.25, -0.2) is 0 Å². The molecule has 2 aliphatic heterocycles. The molecule has 0 radical (unpaired) electrons. The minimum absolute atomic E-state index is 0.000336. The molecule has 1 saturated carbocycles. The van der Waals surface area contributed by atoms with Gasteiger partial charge in [-0.3, -0.25) is 4.79 Å². The van der Waals surface area contributed by atoms with Crippen LogP contribution in [0.25, 0.3) is 0 Å². The lowest BCUT2D eigenvalue weighted by molar-refractivity contribution is -0.140.